The van der Waals surface area contributed by atoms with Crippen molar-refractivity contribution in [3.05, 3.63) is 29.8 Å². The number of carboxylic acids is 1. The van der Waals surface area contributed by atoms with Gasteiger partial charge in [0.25, 0.3) is 0 Å². The third-order valence-electron chi connectivity index (χ3n) is 2.55. The van der Waals surface area contributed by atoms with E-state index in [4.69, 9.17) is 10.2 Å². The Balaban J connectivity index is 2.84. The molecule has 116 valence electrons. The molecule has 4 N–H and O–H groups in total. The van der Waals surface area contributed by atoms with Crippen LogP contribution in [0.4, 0.5) is 0 Å². The number of aliphatic hydroxyl groups is 1. The highest BCUT2D eigenvalue weighted by Crippen LogP contribution is 2.11. The van der Waals surface area contributed by atoms with Crippen LogP contribution in [0, 0.1) is 0 Å². The lowest BCUT2D eigenvalue weighted by atomic mass is 10.2. The summed E-state index contributed by atoms with van der Waals surface area (Å²) in [7, 11) is -4.04. The lowest BCUT2D eigenvalue weighted by Gasteiger charge is -2.12. The van der Waals surface area contributed by atoms with Crippen molar-refractivity contribution >= 4 is 21.9 Å². The minimum absolute atomic E-state index is 0.131. The highest BCUT2D eigenvalue weighted by atomic mass is 32.2. The number of carboxylic acid groups (broad SMARTS) is 1. The summed E-state index contributed by atoms with van der Waals surface area (Å²) in [6.07, 6.45) is 0. The largest absolute Gasteiger partial charge is 0.480 e. The van der Waals surface area contributed by atoms with E-state index in [9.17, 15) is 18.0 Å². The predicted octanol–water partition coefficient (Wildman–Crippen LogP) is -0.953. The Morgan fingerprint density at radius 1 is 1.24 bits per heavy atom. The Labute approximate surface area is 121 Å². The number of sulfonamides is 1. The van der Waals surface area contributed by atoms with E-state index in [1.54, 1.807) is 0 Å². The molecule has 0 aromatic heterocycles. The van der Waals surface area contributed by atoms with E-state index in [-0.39, 0.29) is 17.3 Å². The summed E-state index contributed by atoms with van der Waals surface area (Å²) in [5.74, 6) is -1.68. The van der Waals surface area contributed by atoms with Crippen LogP contribution in [-0.4, -0.2) is 43.2 Å². The van der Waals surface area contributed by atoms with E-state index >= 15 is 0 Å². The van der Waals surface area contributed by atoms with Gasteiger partial charge < -0.3 is 15.5 Å². The Bertz CT molecular complexity index is 611. The van der Waals surface area contributed by atoms with E-state index in [0.717, 1.165) is 0 Å². The molecule has 0 fully saturated rings. The number of aliphatic hydroxyl groups excluding tert-OH is 1. The molecule has 0 bridgehead atoms. The number of carbonyl (C=O) groups excluding carboxylic acids is 1. The van der Waals surface area contributed by atoms with Crippen molar-refractivity contribution in [2.75, 3.05) is 6.61 Å². The highest BCUT2D eigenvalue weighted by Gasteiger charge is 2.24. The summed E-state index contributed by atoms with van der Waals surface area (Å²) in [6.45, 7) is 0.774. The summed E-state index contributed by atoms with van der Waals surface area (Å²) in [6, 6.07) is 3.97. The molecule has 1 amide bonds. The SMILES string of the molecule is CC(=O)NCc1ccc(S(=O)(=O)N[C@H](CO)C(=O)O)cc1. The Hall–Kier alpha value is -1.97. The molecule has 0 saturated carbocycles. The number of carbonyl (C=O) groups is 2. The molecular formula is C12H16N2O6S. The van der Waals surface area contributed by atoms with Gasteiger partial charge in [-0.15, -0.1) is 0 Å². The Morgan fingerprint density at radius 3 is 2.24 bits per heavy atom. The molecule has 0 saturated heterocycles. The van der Waals surface area contributed by atoms with Crippen LogP contribution in [0.2, 0.25) is 0 Å². The van der Waals surface area contributed by atoms with Crippen LogP contribution < -0.4 is 10.0 Å². The zero-order chi connectivity index (χ0) is 16.0. The number of nitrogens with one attached hydrogen (secondary N) is 2. The molecule has 0 radical (unpaired) electrons. The van der Waals surface area contributed by atoms with Crippen LogP contribution in [-0.2, 0) is 26.2 Å². The minimum atomic E-state index is -4.04. The number of amides is 1. The van der Waals surface area contributed by atoms with Gasteiger partial charge >= 0.3 is 5.97 Å². The Kier molecular flexibility index (Phi) is 5.82. The first kappa shape index (κ1) is 17.1. The summed E-state index contributed by atoms with van der Waals surface area (Å²) < 4.78 is 25.7. The lowest BCUT2D eigenvalue weighted by Crippen LogP contribution is -2.43. The van der Waals surface area contributed by atoms with Gasteiger partial charge in [0.2, 0.25) is 15.9 Å². The molecule has 0 spiro atoms. The van der Waals surface area contributed by atoms with Crippen LogP contribution in [0.25, 0.3) is 0 Å². The fourth-order valence-corrected chi connectivity index (χ4v) is 2.61. The molecule has 0 aliphatic rings. The zero-order valence-electron chi connectivity index (χ0n) is 11.2. The average Bonchev–Trinajstić information content (AvgIpc) is 2.42. The molecule has 21 heavy (non-hydrogen) atoms. The second-order valence-electron chi connectivity index (χ2n) is 4.25. The van der Waals surface area contributed by atoms with E-state index in [1.807, 2.05) is 4.72 Å². The molecule has 0 heterocycles. The highest BCUT2D eigenvalue weighted by molar-refractivity contribution is 7.89. The first-order valence-corrected chi connectivity index (χ1v) is 7.44. The third kappa shape index (κ3) is 5.14. The van der Waals surface area contributed by atoms with Gasteiger partial charge in [0.1, 0.15) is 6.04 Å². The summed E-state index contributed by atoms with van der Waals surface area (Å²) in [4.78, 5) is 21.3. The first-order valence-electron chi connectivity index (χ1n) is 5.95. The minimum Gasteiger partial charge on any atom is -0.480 e. The number of hydrogen-bond acceptors (Lipinski definition) is 5. The van der Waals surface area contributed by atoms with E-state index in [0.29, 0.717) is 5.56 Å². The van der Waals surface area contributed by atoms with Crippen LogP contribution in [0.5, 0.6) is 0 Å². The van der Waals surface area contributed by atoms with Gasteiger partial charge in [-0.1, -0.05) is 12.1 Å². The van der Waals surface area contributed by atoms with Gasteiger partial charge in [0.15, 0.2) is 0 Å². The molecule has 0 aliphatic carbocycles. The van der Waals surface area contributed by atoms with E-state index in [1.165, 1.54) is 31.2 Å². The molecule has 0 aliphatic heterocycles. The number of hydrogen-bond donors (Lipinski definition) is 4. The smallest absolute Gasteiger partial charge is 0.324 e. The van der Waals surface area contributed by atoms with Gasteiger partial charge in [-0.3, -0.25) is 9.59 Å². The fraction of sp³-hybridized carbons (Fsp3) is 0.333. The van der Waals surface area contributed by atoms with Crippen molar-refractivity contribution in [3.8, 4) is 0 Å². The average molecular weight is 316 g/mol. The number of benzene rings is 1. The summed E-state index contributed by atoms with van der Waals surface area (Å²) in [5.41, 5.74) is 0.695. The predicted molar refractivity (Wildman–Crippen MR) is 72.8 cm³/mol. The topological polar surface area (TPSA) is 133 Å². The van der Waals surface area contributed by atoms with Crippen LogP contribution in [0.15, 0.2) is 29.2 Å². The summed E-state index contributed by atoms with van der Waals surface area (Å²) in [5, 5.41) is 20.1. The van der Waals surface area contributed by atoms with Crippen LogP contribution in [0.1, 0.15) is 12.5 Å². The normalized spacial score (nSPS) is 12.7. The maximum absolute atomic E-state index is 11.9. The van der Waals surface area contributed by atoms with Gasteiger partial charge in [0, 0.05) is 13.5 Å². The van der Waals surface area contributed by atoms with Gasteiger partial charge in [-0.05, 0) is 17.7 Å². The van der Waals surface area contributed by atoms with Crippen LogP contribution in [0.3, 0.4) is 0 Å². The molecule has 1 atom stereocenters. The lowest BCUT2D eigenvalue weighted by molar-refractivity contribution is -0.139. The standard InChI is InChI=1S/C12H16N2O6S/c1-8(16)13-6-9-2-4-10(5-3-9)21(19,20)14-11(7-15)12(17)18/h2-5,11,14-15H,6-7H2,1H3,(H,13,16)(H,17,18)/t11-/m1/s1. The number of rotatable bonds is 7. The third-order valence-corrected chi connectivity index (χ3v) is 4.04. The monoisotopic (exact) mass is 316 g/mol. The zero-order valence-corrected chi connectivity index (χ0v) is 12.1. The van der Waals surface area contributed by atoms with Gasteiger partial charge in [-0.25, -0.2) is 8.42 Å². The van der Waals surface area contributed by atoms with Gasteiger partial charge in [-0.2, -0.15) is 4.72 Å². The maximum atomic E-state index is 11.9. The molecule has 8 nitrogen and oxygen atoms in total. The van der Waals surface area contributed by atoms with Gasteiger partial charge in [0.05, 0.1) is 11.5 Å². The second-order valence-corrected chi connectivity index (χ2v) is 5.96. The van der Waals surface area contributed by atoms with Crippen molar-refractivity contribution in [2.45, 2.75) is 24.4 Å². The van der Waals surface area contributed by atoms with Crippen molar-refractivity contribution in [2.24, 2.45) is 0 Å². The first-order chi connectivity index (χ1) is 9.76. The van der Waals surface area contributed by atoms with E-state index < -0.39 is 28.6 Å². The van der Waals surface area contributed by atoms with Crippen molar-refractivity contribution in [3.63, 3.8) is 0 Å². The molecular weight excluding hydrogens is 300 g/mol. The fourth-order valence-electron chi connectivity index (χ4n) is 1.43. The number of aliphatic carboxylic acids is 1. The molecule has 1 aromatic carbocycles. The second kappa shape index (κ2) is 7.16. The molecule has 1 aromatic rings. The van der Waals surface area contributed by atoms with Crippen molar-refractivity contribution in [1.29, 1.82) is 0 Å². The van der Waals surface area contributed by atoms with Crippen molar-refractivity contribution in [1.82, 2.24) is 10.0 Å². The molecule has 0 unspecified atom stereocenters. The van der Waals surface area contributed by atoms with Crippen LogP contribution >= 0.6 is 0 Å². The van der Waals surface area contributed by atoms with E-state index in [2.05, 4.69) is 5.32 Å². The molecule has 1 rings (SSSR count). The Morgan fingerprint density at radius 2 is 1.81 bits per heavy atom. The molecule has 9 heteroatoms. The quantitative estimate of drug-likeness (QED) is 0.512. The summed E-state index contributed by atoms with van der Waals surface area (Å²) >= 11 is 0. The maximum Gasteiger partial charge on any atom is 0.324 e. The van der Waals surface area contributed by atoms with Crippen molar-refractivity contribution < 1.29 is 28.2 Å².